The molecule has 1 unspecified atom stereocenters. The summed E-state index contributed by atoms with van der Waals surface area (Å²) >= 11 is 0. The van der Waals surface area contributed by atoms with Crippen molar-refractivity contribution in [3.05, 3.63) is 47.5 Å². The molecule has 7 nitrogen and oxygen atoms in total. The Hall–Kier alpha value is -2.79. The zero-order chi connectivity index (χ0) is 28.5. The zero-order valence-corrected chi connectivity index (χ0v) is 25.0. The molecule has 0 aliphatic heterocycles. The predicted molar refractivity (Wildman–Crippen MR) is 152 cm³/mol. The van der Waals surface area contributed by atoms with Crippen molar-refractivity contribution in [1.82, 2.24) is 0 Å². The first-order valence-electron chi connectivity index (χ1n) is 13.4. The van der Waals surface area contributed by atoms with Crippen LogP contribution < -0.4 is 18.9 Å². The van der Waals surface area contributed by atoms with Gasteiger partial charge in [-0.3, -0.25) is 9.59 Å². The second-order valence-corrected chi connectivity index (χ2v) is 13.1. The summed E-state index contributed by atoms with van der Waals surface area (Å²) in [7, 11) is -4.29. The Morgan fingerprint density at radius 3 is 1.29 bits per heavy atom. The number of hydrogen-bond acceptors (Lipinski definition) is 7. The van der Waals surface area contributed by atoms with E-state index in [1.165, 1.54) is 0 Å². The van der Waals surface area contributed by atoms with Crippen LogP contribution in [-0.2, 0) is 4.57 Å². The summed E-state index contributed by atoms with van der Waals surface area (Å²) in [5, 5.41) is 0. The minimum atomic E-state index is -4.29. The van der Waals surface area contributed by atoms with Crippen LogP contribution in [0.25, 0.3) is 0 Å². The normalized spacial score (nSPS) is 12.5. The van der Waals surface area contributed by atoms with Gasteiger partial charge in [-0.25, -0.2) is 0 Å². The summed E-state index contributed by atoms with van der Waals surface area (Å²) in [4.78, 5) is 28.8. The molecule has 0 aliphatic rings. The zero-order valence-electron chi connectivity index (χ0n) is 24.1. The summed E-state index contributed by atoms with van der Waals surface area (Å²) in [6, 6.07) is 9.94. The van der Waals surface area contributed by atoms with Crippen LogP contribution in [0.2, 0.25) is 0 Å². The molecule has 2 rings (SSSR count). The van der Waals surface area contributed by atoms with Gasteiger partial charge in [-0.1, -0.05) is 39.8 Å². The van der Waals surface area contributed by atoms with E-state index in [2.05, 4.69) is 20.8 Å². The Balaban J connectivity index is 2.82. The minimum absolute atomic E-state index is 0.0303. The summed E-state index contributed by atoms with van der Waals surface area (Å²) < 4.78 is 38.0. The maximum atomic E-state index is 15.0. The number of hydrogen-bond donors (Lipinski definition) is 0. The first-order valence-corrected chi connectivity index (χ1v) is 15.3. The van der Waals surface area contributed by atoms with Gasteiger partial charge in [0.1, 0.15) is 34.1 Å². The van der Waals surface area contributed by atoms with E-state index in [0.29, 0.717) is 6.42 Å². The molecule has 0 radical (unpaired) electrons. The number of benzene rings is 2. The first kappa shape index (κ1) is 31.4. The molecule has 2 aromatic rings. The monoisotopic (exact) mass is 546 g/mol. The lowest BCUT2D eigenvalue weighted by molar-refractivity contribution is 0.102. The predicted octanol–water partition coefficient (Wildman–Crippen LogP) is 7.70. The van der Waals surface area contributed by atoms with Gasteiger partial charge in [-0.2, -0.15) is 0 Å². The fourth-order valence-electron chi connectivity index (χ4n) is 4.71. The summed E-state index contributed by atoms with van der Waals surface area (Å²) in [5.74, 6) is 0.774. The summed E-state index contributed by atoms with van der Waals surface area (Å²) in [5.41, 5.74) is -1.57. The van der Waals surface area contributed by atoms with E-state index in [4.69, 9.17) is 18.9 Å². The average molecular weight is 547 g/mol. The molecule has 0 aromatic heterocycles. The maximum absolute atomic E-state index is 15.0. The van der Waals surface area contributed by atoms with Crippen LogP contribution in [0.5, 0.6) is 23.0 Å². The fourth-order valence-corrected chi connectivity index (χ4v) is 7.40. The average Bonchev–Trinajstić information content (AvgIpc) is 2.83. The van der Waals surface area contributed by atoms with E-state index >= 15 is 4.57 Å². The van der Waals surface area contributed by atoms with Crippen molar-refractivity contribution >= 4 is 18.2 Å². The van der Waals surface area contributed by atoms with E-state index in [1.807, 2.05) is 6.92 Å². The second-order valence-electron chi connectivity index (χ2n) is 10.4. The first-order chi connectivity index (χ1) is 17.9. The van der Waals surface area contributed by atoms with Gasteiger partial charge in [0.25, 0.3) is 0 Å². The lowest BCUT2D eigenvalue weighted by Gasteiger charge is -2.27. The molecule has 0 amide bonds. The standard InChI is InChI=1S/C30H43O7P/c1-9-34-22-15-13-16-23(35-10-2)26(22)28(31)38(33,20-21(5)19-30(6,7)8)29(32)27-24(36-11-3)17-14-18-25(27)37-12-4/h13-18,21H,9-12,19-20H2,1-8H3. The number of rotatable bonds is 15. The maximum Gasteiger partial charge on any atom is 0.236 e. The third kappa shape index (κ3) is 7.63. The van der Waals surface area contributed by atoms with E-state index in [9.17, 15) is 9.59 Å². The van der Waals surface area contributed by atoms with Crippen molar-refractivity contribution in [1.29, 1.82) is 0 Å². The number of ether oxygens (including phenoxy) is 4. The third-order valence-corrected chi connectivity index (χ3v) is 8.69. The van der Waals surface area contributed by atoms with E-state index < -0.39 is 18.2 Å². The SMILES string of the molecule is CCOc1cccc(OCC)c1C(=O)P(=O)(CC(C)CC(C)(C)C)C(=O)c1c(OCC)cccc1OCC. The Morgan fingerprint density at radius 2 is 1.03 bits per heavy atom. The second kappa shape index (κ2) is 13.8. The molecule has 0 heterocycles. The summed E-state index contributed by atoms with van der Waals surface area (Å²) in [6.45, 7) is 16.5. The molecule has 38 heavy (non-hydrogen) atoms. The Labute approximate surface area is 227 Å². The van der Waals surface area contributed by atoms with E-state index in [-0.39, 0.29) is 78.0 Å². The van der Waals surface area contributed by atoms with Gasteiger partial charge in [0.05, 0.1) is 26.4 Å². The van der Waals surface area contributed by atoms with Crippen molar-refractivity contribution in [3.8, 4) is 23.0 Å². The van der Waals surface area contributed by atoms with Crippen LogP contribution in [0.1, 0.15) is 82.5 Å². The highest BCUT2D eigenvalue weighted by Gasteiger charge is 2.46. The molecule has 0 fully saturated rings. The molecular weight excluding hydrogens is 503 g/mol. The Morgan fingerprint density at radius 1 is 0.711 bits per heavy atom. The Bertz CT molecular complexity index is 1030. The van der Waals surface area contributed by atoms with Crippen molar-refractivity contribution in [2.45, 2.75) is 61.8 Å². The molecule has 0 aliphatic carbocycles. The minimum Gasteiger partial charge on any atom is -0.493 e. The van der Waals surface area contributed by atoms with Crippen LogP contribution in [0.4, 0.5) is 0 Å². The van der Waals surface area contributed by atoms with Gasteiger partial charge in [-0.05, 0) is 69.7 Å². The van der Waals surface area contributed by atoms with Crippen molar-refractivity contribution in [2.24, 2.45) is 11.3 Å². The molecule has 1 atom stereocenters. The third-order valence-electron chi connectivity index (χ3n) is 5.79. The highest BCUT2D eigenvalue weighted by molar-refractivity contribution is 7.95. The highest BCUT2D eigenvalue weighted by atomic mass is 31.2. The van der Waals surface area contributed by atoms with Gasteiger partial charge >= 0.3 is 0 Å². The molecule has 0 spiro atoms. The van der Waals surface area contributed by atoms with Crippen molar-refractivity contribution in [2.75, 3.05) is 32.6 Å². The molecule has 0 N–H and O–H groups in total. The quantitative estimate of drug-likeness (QED) is 0.212. The van der Waals surface area contributed by atoms with E-state index in [0.717, 1.165) is 0 Å². The van der Waals surface area contributed by atoms with Crippen LogP contribution in [0.15, 0.2) is 36.4 Å². The van der Waals surface area contributed by atoms with Crippen LogP contribution >= 0.6 is 7.14 Å². The summed E-state index contributed by atoms with van der Waals surface area (Å²) in [6.07, 6.45) is 0.578. The fraction of sp³-hybridized carbons (Fsp3) is 0.533. The van der Waals surface area contributed by atoms with Gasteiger partial charge in [-0.15, -0.1) is 0 Å². The van der Waals surface area contributed by atoms with Crippen LogP contribution in [0.3, 0.4) is 0 Å². The highest BCUT2D eigenvalue weighted by Crippen LogP contribution is 2.58. The van der Waals surface area contributed by atoms with E-state index in [1.54, 1.807) is 64.1 Å². The number of carbonyl (C=O) groups is 2. The molecule has 0 bridgehead atoms. The van der Waals surface area contributed by atoms with Crippen molar-refractivity contribution in [3.63, 3.8) is 0 Å². The topological polar surface area (TPSA) is 88.1 Å². The van der Waals surface area contributed by atoms with Gasteiger partial charge in [0.2, 0.25) is 18.2 Å². The molecule has 0 saturated carbocycles. The molecular formula is C30H43O7P. The molecule has 8 heteroatoms. The van der Waals surface area contributed by atoms with Gasteiger partial charge in [0, 0.05) is 6.16 Å². The molecule has 2 aromatic carbocycles. The van der Waals surface area contributed by atoms with Gasteiger partial charge in [0.15, 0.2) is 0 Å². The number of carbonyl (C=O) groups excluding carboxylic acids is 2. The largest absolute Gasteiger partial charge is 0.493 e. The van der Waals surface area contributed by atoms with Crippen LogP contribution in [0, 0.1) is 11.3 Å². The van der Waals surface area contributed by atoms with Crippen molar-refractivity contribution < 1.29 is 33.1 Å². The van der Waals surface area contributed by atoms with Crippen LogP contribution in [-0.4, -0.2) is 43.6 Å². The molecule has 0 saturated heterocycles. The Kier molecular flexibility index (Phi) is 11.4. The molecule has 210 valence electrons. The van der Waals surface area contributed by atoms with Gasteiger partial charge < -0.3 is 23.5 Å². The lowest BCUT2D eigenvalue weighted by Crippen LogP contribution is -2.22. The smallest absolute Gasteiger partial charge is 0.236 e. The lowest BCUT2D eigenvalue weighted by atomic mass is 9.86.